The predicted molar refractivity (Wildman–Crippen MR) is 64.4 cm³/mol. The minimum Gasteiger partial charge on any atom is -0.391 e. The van der Waals surface area contributed by atoms with Crippen molar-refractivity contribution in [2.75, 3.05) is 13.6 Å². The number of aliphatic hydroxyl groups excluding tert-OH is 2. The largest absolute Gasteiger partial charge is 0.391 e. The number of carbonyl (C=O) groups excluding carboxylic acids is 2. The summed E-state index contributed by atoms with van der Waals surface area (Å²) in [6.07, 6.45) is -1.93. The molecule has 104 valence electrons. The van der Waals surface area contributed by atoms with E-state index in [0.717, 1.165) is 0 Å². The van der Waals surface area contributed by atoms with Gasteiger partial charge in [-0.25, -0.2) is 0 Å². The van der Waals surface area contributed by atoms with E-state index in [1.165, 1.54) is 18.9 Å². The lowest BCUT2D eigenvalue weighted by Gasteiger charge is -2.28. The van der Waals surface area contributed by atoms with Gasteiger partial charge in [0, 0.05) is 19.5 Å². The van der Waals surface area contributed by atoms with Gasteiger partial charge < -0.3 is 26.2 Å². The molecule has 1 rings (SSSR count). The molecule has 0 radical (unpaired) electrons. The van der Waals surface area contributed by atoms with Crippen molar-refractivity contribution < 1.29 is 19.8 Å². The number of nitrogens with two attached hydrogens (primary N) is 1. The second-order valence-corrected chi connectivity index (χ2v) is 4.78. The van der Waals surface area contributed by atoms with E-state index in [1.54, 1.807) is 6.92 Å². The summed E-state index contributed by atoms with van der Waals surface area (Å²) < 4.78 is 0. The second-order valence-electron chi connectivity index (χ2n) is 4.78. The lowest BCUT2D eigenvalue weighted by Crippen LogP contribution is -2.55. The van der Waals surface area contributed by atoms with Gasteiger partial charge in [0.1, 0.15) is 12.1 Å². The molecule has 1 fully saturated rings. The van der Waals surface area contributed by atoms with Gasteiger partial charge in [-0.3, -0.25) is 9.59 Å². The maximum absolute atomic E-state index is 12.1. The molecule has 1 saturated heterocycles. The first-order chi connectivity index (χ1) is 8.31. The van der Waals surface area contributed by atoms with E-state index < -0.39 is 36.1 Å². The van der Waals surface area contributed by atoms with E-state index in [-0.39, 0.29) is 12.5 Å². The smallest absolute Gasteiger partial charge is 0.245 e. The molecule has 5 atom stereocenters. The van der Waals surface area contributed by atoms with Crippen LogP contribution in [0.1, 0.15) is 13.8 Å². The van der Waals surface area contributed by atoms with Gasteiger partial charge in [0.05, 0.1) is 12.2 Å². The van der Waals surface area contributed by atoms with E-state index in [2.05, 4.69) is 5.32 Å². The van der Waals surface area contributed by atoms with Gasteiger partial charge in [0.25, 0.3) is 0 Å². The van der Waals surface area contributed by atoms with Crippen molar-refractivity contribution in [1.82, 2.24) is 10.2 Å². The minimum absolute atomic E-state index is 0.211. The Kier molecular flexibility index (Phi) is 4.66. The molecular weight excluding hydrogens is 238 g/mol. The number of likely N-dealkylation sites (tertiary alicyclic amines) is 1. The molecule has 0 aromatic carbocycles. The second kappa shape index (κ2) is 5.64. The maximum Gasteiger partial charge on any atom is 0.245 e. The third-order valence-corrected chi connectivity index (χ3v) is 3.33. The molecule has 0 aromatic rings. The van der Waals surface area contributed by atoms with Gasteiger partial charge in [0.2, 0.25) is 11.8 Å². The predicted octanol–water partition coefficient (Wildman–Crippen LogP) is -2.35. The van der Waals surface area contributed by atoms with Crippen LogP contribution in [0, 0.1) is 5.92 Å². The third kappa shape index (κ3) is 2.63. The minimum atomic E-state index is -1.09. The molecule has 1 aliphatic rings. The Labute approximate surface area is 106 Å². The average Bonchev–Trinajstić information content (AvgIpc) is 2.63. The average molecular weight is 259 g/mol. The zero-order valence-corrected chi connectivity index (χ0v) is 10.8. The summed E-state index contributed by atoms with van der Waals surface area (Å²) in [4.78, 5) is 25.0. The van der Waals surface area contributed by atoms with Gasteiger partial charge in [-0.05, 0) is 6.92 Å². The van der Waals surface area contributed by atoms with Crippen molar-refractivity contribution in [3.8, 4) is 0 Å². The first-order valence-electron chi connectivity index (χ1n) is 5.95. The molecule has 1 heterocycles. The highest BCUT2D eigenvalue weighted by Gasteiger charge is 2.46. The number of carbonyl (C=O) groups is 2. The molecule has 0 saturated carbocycles. The fourth-order valence-corrected chi connectivity index (χ4v) is 2.10. The number of likely N-dealkylation sites (N-methyl/N-ethyl adjacent to an activating group) is 1. The summed E-state index contributed by atoms with van der Waals surface area (Å²) in [7, 11) is 1.44. The van der Waals surface area contributed by atoms with Gasteiger partial charge in [-0.15, -0.1) is 0 Å². The Morgan fingerprint density at radius 3 is 2.50 bits per heavy atom. The molecule has 7 heteroatoms. The molecular formula is C11H21N3O4. The molecule has 5 N–H and O–H groups in total. The van der Waals surface area contributed by atoms with Crippen LogP contribution >= 0.6 is 0 Å². The van der Waals surface area contributed by atoms with Crippen molar-refractivity contribution in [2.24, 2.45) is 11.7 Å². The van der Waals surface area contributed by atoms with Crippen LogP contribution < -0.4 is 11.1 Å². The first-order valence-corrected chi connectivity index (χ1v) is 5.95. The molecule has 0 aromatic heterocycles. The van der Waals surface area contributed by atoms with E-state index in [9.17, 15) is 19.8 Å². The summed E-state index contributed by atoms with van der Waals surface area (Å²) >= 11 is 0. The first kappa shape index (κ1) is 14.9. The van der Waals surface area contributed by atoms with Crippen LogP contribution in [0.4, 0.5) is 0 Å². The molecule has 0 aliphatic carbocycles. The lowest BCUT2D eigenvalue weighted by molar-refractivity contribution is -0.142. The van der Waals surface area contributed by atoms with Crippen molar-refractivity contribution in [1.29, 1.82) is 0 Å². The molecule has 0 unspecified atom stereocenters. The molecule has 0 spiro atoms. The summed E-state index contributed by atoms with van der Waals surface area (Å²) in [6.45, 7) is 3.41. The van der Waals surface area contributed by atoms with Gasteiger partial charge in [-0.2, -0.15) is 0 Å². The quantitative estimate of drug-likeness (QED) is 0.453. The van der Waals surface area contributed by atoms with E-state index in [1.807, 2.05) is 0 Å². The fourth-order valence-electron chi connectivity index (χ4n) is 2.10. The number of hydrogen-bond donors (Lipinski definition) is 4. The zero-order valence-electron chi connectivity index (χ0n) is 10.8. The highest BCUT2D eigenvalue weighted by atomic mass is 16.3. The van der Waals surface area contributed by atoms with Gasteiger partial charge in [0.15, 0.2) is 0 Å². The summed E-state index contributed by atoms with van der Waals surface area (Å²) in [5.74, 6) is -1.17. The standard InChI is InChI=1S/C11H21N3O4/c1-5-4-14(11(18)7(12)6(2)15)8(9(5)16)10(17)13-3/h5-9,15-16H,4,12H2,1-3H3,(H,13,17)/t5-,6+,7-,8-,9-/m0/s1. The summed E-state index contributed by atoms with van der Waals surface area (Å²) in [5, 5.41) is 21.7. The fraction of sp³-hybridized carbons (Fsp3) is 0.818. The topological polar surface area (TPSA) is 116 Å². The maximum atomic E-state index is 12.1. The highest BCUT2D eigenvalue weighted by molar-refractivity contribution is 5.91. The van der Waals surface area contributed by atoms with Crippen LogP contribution in [-0.2, 0) is 9.59 Å². The van der Waals surface area contributed by atoms with Crippen LogP contribution in [0.5, 0.6) is 0 Å². The number of nitrogens with zero attached hydrogens (tertiary/aromatic N) is 1. The number of nitrogens with one attached hydrogen (secondary N) is 1. The van der Waals surface area contributed by atoms with Crippen LogP contribution in [0.2, 0.25) is 0 Å². The Hall–Kier alpha value is -1.18. The van der Waals surface area contributed by atoms with Crippen LogP contribution in [-0.4, -0.2) is 64.8 Å². The van der Waals surface area contributed by atoms with Gasteiger partial charge in [-0.1, -0.05) is 6.92 Å². The Morgan fingerprint density at radius 1 is 1.50 bits per heavy atom. The van der Waals surface area contributed by atoms with E-state index >= 15 is 0 Å². The molecule has 1 aliphatic heterocycles. The molecule has 2 amide bonds. The summed E-state index contributed by atoms with van der Waals surface area (Å²) in [5.41, 5.74) is 5.58. The SMILES string of the molecule is CNC(=O)[C@@H]1[C@@H](O)[C@@H](C)CN1C(=O)[C@@H](N)[C@@H](C)O. The summed E-state index contributed by atoms with van der Waals surface area (Å²) in [6, 6.07) is -2.03. The van der Waals surface area contributed by atoms with Crippen LogP contribution in [0.3, 0.4) is 0 Å². The van der Waals surface area contributed by atoms with Crippen LogP contribution in [0.15, 0.2) is 0 Å². The molecule has 18 heavy (non-hydrogen) atoms. The highest BCUT2D eigenvalue weighted by Crippen LogP contribution is 2.24. The molecule has 7 nitrogen and oxygen atoms in total. The van der Waals surface area contributed by atoms with Crippen LogP contribution in [0.25, 0.3) is 0 Å². The Balaban J connectivity index is 2.92. The van der Waals surface area contributed by atoms with Crippen molar-refractivity contribution in [3.05, 3.63) is 0 Å². The van der Waals surface area contributed by atoms with E-state index in [4.69, 9.17) is 5.73 Å². The number of aliphatic hydroxyl groups is 2. The lowest BCUT2D eigenvalue weighted by atomic mass is 10.0. The normalized spacial score (nSPS) is 31.0. The monoisotopic (exact) mass is 259 g/mol. The third-order valence-electron chi connectivity index (χ3n) is 3.33. The number of amides is 2. The van der Waals surface area contributed by atoms with Crippen molar-refractivity contribution >= 4 is 11.8 Å². The van der Waals surface area contributed by atoms with Crippen molar-refractivity contribution in [3.63, 3.8) is 0 Å². The van der Waals surface area contributed by atoms with Gasteiger partial charge >= 0.3 is 0 Å². The Bertz CT molecular complexity index is 334. The molecule has 0 bridgehead atoms. The van der Waals surface area contributed by atoms with E-state index in [0.29, 0.717) is 0 Å². The zero-order chi connectivity index (χ0) is 14.0. The Morgan fingerprint density at radius 2 is 2.06 bits per heavy atom. The van der Waals surface area contributed by atoms with Crippen molar-refractivity contribution in [2.45, 2.75) is 38.1 Å². The number of rotatable bonds is 3. The number of hydrogen-bond acceptors (Lipinski definition) is 5.